The second-order valence-corrected chi connectivity index (χ2v) is 6.21. The average Bonchev–Trinajstić information content (AvgIpc) is 2.68. The summed E-state index contributed by atoms with van der Waals surface area (Å²) in [6.45, 7) is 1.26. The zero-order valence-electron chi connectivity index (χ0n) is 15.0. The van der Waals surface area contributed by atoms with Crippen LogP contribution in [0.2, 0.25) is 0 Å². The molecule has 1 aromatic heterocycles. The summed E-state index contributed by atoms with van der Waals surface area (Å²) in [5.74, 6) is -1.79. The molecule has 0 atom stereocenters. The van der Waals surface area contributed by atoms with Crippen LogP contribution in [0.1, 0.15) is 18.1 Å². The van der Waals surface area contributed by atoms with E-state index in [1.54, 1.807) is 31.2 Å². The average molecular weight is 368 g/mol. The Morgan fingerprint density at radius 3 is 2.44 bits per heavy atom. The van der Waals surface area contributed by atoms with Crippen LogP contribution in [0.3, 0.4) is 0 Å². The largest absolute Gasteiger partial charge is 0.497 e. The Kier molecular flexibility index (Phi) is 5.14. The van der Waals surface area contributed by atoms with Gasteiger partial charge in [0.2, 0.25) is 5.79 Å². The molecule has 0 bridgehead atoms. The molecular weight excluding hydrogens is 348 g/mol. The van der Waals surface area contributed by atoms with Crippen LogP contribution in [0.15, 0.2) is 69.6 Å². The van der Waals surface area contributed by atoms with E-state index in [9.17, 15) is 20.1 Å². The van der Waals surface area contributed by atoms with E-state index < -0.39 is 5.79 Å². The maximum absolute atomic E-state index is 11.9. The fourth-order valence-electron chi connectivity index (χ4n) is 3.03. The smallest absolute Gasteiger partial charge is 0.218 e. The number of fused-ring (bicyclic) bond motifs is 1. The number of aliphatic hydroxyl groups is 3. The first-order valence-corrected chi connectivity index (χ1v) is 8.30. The first kappa shape index (κ1) is 18.8. The lowest BCUT2D eigenvalue weighted by molar-refractivity contribution is -0.115. The van der Waals surface area contributed by atoms with Crippen molar-refractivity contribution in [1.82, 2.24) is 0 Å². The van der Waals surface area contributed by atoms with Gasteiger partial charge in [0, 0.05) is 17.2 Å². The maximum Gasteiger partial charge on any atom is 0.218 e. The van der Waals surface area contributed by atoms with Crippen molar-refractivity contribution in [3.05, 3.63) is 81.7 Å². The monoisotopic (exact) mass is 368 g/mol. The molecule has 3 rings (SSSR count). The third kappa shape index (κ3) is 3.50. The van der Waals surface area contributed by atoms with Gasteiger partial charge >= 0.3 is 0 Å². The summed E-state index contributed by atoms with van der Waals surface area (Å²) in [5, 5.41) is 31.9. The Morgan fingerprint density at radius 2 is 1.81 bits per heavy atom. The van der Waals surface area contributed by atoms with Crippen molar-refractivity contribution in [2.24, 2.45) is 0 Å². The van der Waals surface area contributed by atoms with Crippen molar-refractivity contribution in [3.8, 4) is 5.75 Å². The highest BCUT2D eigenvalue weighted by molar-refractivity contribution is 5.80. The number of aliphatic hydroxyl groups excluding tert-OH is 1. The second-order valence-electron chi connectivity index (χ2n) is 6.21. The number of ether oxygens (including phenoxy) is 1. The highest BCUT2D eigenvalue weighted by atomic mass is 16.5. The highest BCUT2D eigenvalue weighted by Crippen LogP contribution is 2.37. The lowest BCUT2D eigenvalue weighted by atomic mass is 9.88. The van der Waals surface area contributed by atoms with Crippen molar-refractivity contribution in [2.45, 2.75) is 12.7 Å². The minimum Gasteiger partial charge on any atom is -0.497 e. The van der Waals surface area contributed by atoms with Crippen LogP contribution in [-0.4, -0.2) is 29.0 Å². The van der Waals surface area contributed by atoms with Gasteiger partial charge in [-0.2, -0.15) is 0 Å². The van der Waals surface area contributed by atoms with Crippen LogP contribution in [0.25, 0.3) is 16.5 Å². The van der Waals surface area contributed by atoms with E-state index in [1.807, 2.05) is 0 Å². The molecule has 27 heavy (non-hydrogen) atoms. The Labute approximate surface area is 155 Å². The van der Waals surface area contributed by atoms with Gasteiger partial charge in [-0.05, 0) is 42.3 Å². The molecule has 0 saturated carbocycles. The number of hydrogen-bond donors (Lipinski definition) is 3. The van der Waals surface area contributed by atoms with Crippen molar-refractivity contribution in [3.63, 3.8) is 0 Å². The fraction of sp³-hybridized carbons (Fsp3) is 0.190. The van der Waals surface area contributed by atoms with E-state index in [1.165, 1.54) is 37.6 Å². The van der Waals surface area contributed by atoms with Gasteiger partial charge in [-0.25, -0.2) is 0 Å². The predicted molar refractivity (Wildman–Crippen MR) is 101 cm³/mol. The van der Waals surface area contributed by atoms with E-state index in [-0.39, 0.29) is 28.8 Å². The van der Waals surface area contributed by atoms with Crippen molar-refractivity contribution < 1.29 is 24.5 Å². The maximum atomic E-state index is 11.9. The molecule has 2 aromatic carbocycles. The van der Waals surface area contributed by atoms with Crippen LogP contribution in [-0.2, 0) is 5.79 Å². The van der Waals surface area contributed by atoms with Gasteiger partial charge in [-0.1, -0.05) is 18.2 Å². The lowest BCUT2D eigenvalue weighted by Gasteiger charge is -2.28. The zero-order chi connectivity index (χ0) is 19.6. The fourth-order valence-corrected chi connectivity index (χ4v) is 3.03. The number of methoxy groups -OCH3 is 1. The lowest BCUT2D eigenvalue weighted by Crippen LogP contribution is -2.28. The summed E-state index contributed by atoms with van der Waals surface area (Å²) in [6, 6.07) is 12.4. The molecule has 0 radical (unpaired) electrons. The summed E-state index contributed by atoms with van der Waals surface area (Å²) < 4.78 is 10.5. The molecule has 0 aliphatic carbocycles. The van der Waals surface area contributed by atoms with E-state index in [0.29, 0.717) is 22.3 Å². The van der Waals surface area contributed by atoms with E-state index in [4.69, 9.17) is 9.15 Å². The van der Waals surface area contributed by atoms with Crippen molar-refractivity contribution in [2.75, 3.05) is 13.7 Å². The topological polar surface area (TPSA) is 100 Å². The summed E-state index contributed by atoms with van der Waals surface area (Å²) >= 11 is 0. The summed E-state index contributed by atoms with van der Waals surface area (Å²) in [6.07, 6.45) is 1.25. The number of benzene rings is 2. The molecule has 0 aliphatic rings. The van der Waals surface area contributed by atoms with Gasteiger partial charge < -0.3 is 24.5 Å². The standard InChI is InChI=1S/C21H20O6/c1-13(12-22)20(14-3-6-16(26-2)7-4-14)21(24,25)15-5-8-17-18(23)9-10-27-19(17)11-15/h3-11,22,24-25H,12H2,1-2H3/b20-13+. The third-order valence-corrected chi connectivity index (χ3v) is 4.46. The van der Waals surface area contributed by atoms with Gasteiger partial charge in [-0.15, -0.1) is 0 Å². The Balaban J connectivity index is 2.17. The van der Waals surface area contributed by atoms with E-state index in [2.05, 4.69) is 0 Å². The molecule has 6 heteroatoms. The van der Waals surface area contributed by atoms with Gasteiger partial charge in [-0.3, -0.25) is 4.79 Å². The van der Waals surface area contributed by atoms with E-state index in [0.717, 1.165) is 0 Å². The minimum atomic E-state index is -2.41. The Morgan fingerprint density at radius 1 is 1.11 bits per heavy atom. The number of hydrogen-bond acceptors (Lipinski definition) is 6. The molecule has 0 spiro atoms. The molecular formula is C21H20O6. The number of rotatable bonds is 5. The molecule has 3 aromatic rings. The predicted octanol–water partition coefficient (Wildman–Crippen LogP) is 2.41. The van der Waals surface area contributed by atoms with Crippen LogP contribution in [0, 0.1) is 0 Å². The van der Waals surface area contributed by atoms with Gasteiger partial charge in [0.25, 0.3) is 0 Å². The summed E-state index contributed by atoms with van der Waals surface area (Å²) in [7, 11) is 1.54. The quantitative estimate of drug-likeness (QED) is 0.598. The highest BCUT2D eigenvalue weighted by Gasteiger charge is 2.34. The third-order valence-electron chi connectivity index (χ3n) is 4.46. The van der Waals surface area contributed by atoms with Crippen LogP contribution >= 0.6 is 0 Å². The van der Waals surface area contributed by atoms with E-state index >= 15 is 0 Å². The molecule has 0 amide bonds. The molecule has 3 N–H and O–H groups in total. The molecule has 0 aliphatic heterocycles. The normalized spacial score (nSPS) is 12.8. The molecule has 0 fully saturated rings. The van der Waals surface area contributed by atoms with Gasteiger partial charge in [0.05, 0.1) is 25.4 Å². The zero-order valence-corrected chi connectivity index (χ0v) is 15.0. The van der Waals surface area contributed by atoms with Crippen molar-refractivity contribution >= 4 is 16.5 Å². The SMILES string of the molecule is COc1ccc(/C(=C(/C)CO)C(O)(O)c2ccc3c(=O)ccoc3c2)cc1. The molecule has 140 valence electrons. The van der Waals surface area contributed by atoms with Crippen LogP contribution in [0.4, 0.5) is 0 Å². The molecule has 6 nitrogen and oxygen atoms in total. The van der Waals surface area contributed by atoms with Gasteiger partial charge in [0.1, 0.15) is 11.3 Å². The van der Waals surface area contributed by atoms with Crippen LogP contribution in [0.5, 0.6) is 5.75 Å². The van der Waals surface area contributed by atoms with Crippen LogP contribution < -0.4 is 10.2 Å². The first-order chi connectivity index (χ1) is 12.9. The molecule has 0 unspecified atom stereocenters. The minimum absolute atomic E-state index is 0.114. The second kappa shape index (κ2) is 7.36. The Hall–Kier alpha value is -2.93. The molecule has 0 saturated heterocycles. The molecule has 1 heterocycles. The summed E-state index contributed by atoms with van der Waals surface area (Å²) in [5.41, 5.74) is 1.18. The summed E-state index contributed by atoms with van der Waals surface area (Å²) in [4.78, 5) is 11.9. The van der Waals surface area contributed by atoms with Gasteiger partial charge in [0.15, 0.2) is 5.43 Å². The van der Waals surface area contributed by atoms with Crippen molar-refractivity contribution in [1.29, 1.82) is 0 Å². The Bertz CT molecular complexity index is 1040. The first-order valence-electron chi connectivity index (χ1n) is 8.30.